The smallest absolute Gasteiger partial charge is 0.0111 e. The highest BCUT2D eigenvalue weighted by Gasteiger charge is 2.37. The van der Waals surface area contributed by atoms with Crippen molar-refractivity contribution in [3.8, 4) is 0 Å². The van der Waals surface area contributed by atoms with Crippen LogP contribution in [-0.2, 0) is 0 Å². The molecule has 0 aromatic heterocycles. The molecule has 100 valence electrons. The number of hydrogen-bond acceptors (Lipinski definition) is 3. The Morgan fingerprint density at radius 1 is 1.12 bits per heavy atom. The summed E-state index contributed by atoms with van der Waals surface area (Å²) >= 11 is 0. The lowest BCUT2D eigenvalue weighted by Gasteiger charge is -2.37. The average Bonchev–Trinajstić information content (AvgIpc) is 2.56. The van der Waals surface area contributed by atoms with Crippen LogP contribution in [0.1, 0.15) is 39.5 Å². The minimum absolute atomic E-state index is 0.777. The van der Waals surface area contributed by atoms with E-state index in [4.69, 9.17) is 0 Å². The molecule has 2 aliphatic heterocycles. The first-order valence-corrected chi connectivity index (χ1v) is 7.42. The Labute approximate surface area is 107 Å². The van der Waals surface area contributed by atoms with Crippen LogP contribution in [0.3, 0.4) is 0 Å². The molecule has 0 aromatic rings. The second-order valence-electron chi connectivity index (χ2n) is 5.70. The van der Waals surface area contributed by atoms with Crippen LogP contribution in [0.5, 0.6) is 0 Å². The molecule has 1 N–H and O–H groups in total. The highest BCUT2D eigenvalue weighted by Crippen LogP contribution is 2.33. The van der Waals surface area contributed by atoms with Gasteiger partial charge in [0.05, 0.1) is 0 Å². The average molecular weight is 239 g/mol. The molecule has 2 atom stereocenters. The lowest BCUT2D eigenvalue weighted by molar-refractivity contribution is 0.146. The predicted octanol–water partition coefficient (Wildman–Crippen LogP) is 1.54. The minimum Gasteiger partial charge on any atom is -0.313 e. The monoisotopic (exact) mass is 239 g/mol. The molecule has 2 rings (SSSR count). The summed E-state index contributed by atoms with van der Waals surface area (Å²) in [6, 6.07) is 2.50. The molecule has 2 aliphatic rings. The normalized spacial score (nSPS) is 33.5. The molecule has 0 saturated carbocycles. The molecule has 2 fully saturated rings. The van der Waals surface area contributed by atoms with Crippen LogP contribution < -0.4 is 5.32 Å². The van der Waals surface area contributed by atoms with E-state index in [0.29, 0.717) is 0 Å². The van der Waals surface area contributed by atoms with Crippen molar-refractivity contribution in [2.45, 2.75) is 57.7 Å². The number of rotatable bonds is 6. The third-order valence-corrected chi connectivity index (χ3v) is 4.85. The molecule has 2 heterocycles. The van der Waals surface area contributed by atoms with Gasteiger partial charge in [0.1, 0.15) is 0 Å². The van der Waals surface area contributed by atoms with Crippen molar-refractivity contribution >= 4 is 0 Å². The van der Waals surface area contributed by atoms with Crippen LogP contribution >= 0.6 is 0 Å². The third kappa shape index (κ3) is 3.21. The fourth-order valence-electron chi connectivity index (χ4n) is 3.54. The SMILES string of the molecule is CCN(CC)CCNC1CC2CCC(C1)N2C. The molecule has 2 unspecified atom stereocenters. The van der Waals surface area contributed by atoms with Crippen LogP contribution in [0.2, 0.25) is 0 Å². The van der Waals surface area contributed by atoms with E-state index in [1.165, 1.54) is 45.3 Å². The van der Waals surface area contributed by atoms with Crippen LogP contribution in [0.25, 0.3) is 0 Å². The summed E-state index contributed by atoms with van der Waals surface area (Å²) in [5.41, 5.74) is 0. The Bertz CT molecular complexity index is 214. The Morgan fingerprint density at radius 2 is 1.71 bits per heavy atom. The molecule has 3 heteroatoms. The van der Waals surface area contributed by atoms with Gasteiger partial charge in [-0.3, -0.25) is 0 Å². The van der Waals surface area contributed by atoms with Gasteiger partial charge in [0.15, 0.2) is 0 Å². The van der Waals surface area contributed by atoms with Crippen molar-refractivity contribution in [2.24, 2.45) is 0 Å². The summed E-state index contributed by atoms with van der Waals surface area (Å²) in [6.07, 6.45) is 5.58. The molecule has 0 aromatic carbocycles. The highest BCUT2D eigenvalue weighted by molar-refractivity contribution is 4.95. The molecule has 0 amide bonds. The lowest BCUT2D eigenvalue weighted by Crippen LogP contribution is -2.48. The third-order valence-electron chi connectivity index (χ3n) is 4.85. The first kappa shape index (κ1) is 13.3. The molecule has 0 aliphatic carbocycles. The number of nitrogens with one attached hydrogen (secondary N) is 1. The summed E-state index contributed by atoms with van der Waals surface area (Å²) in [4.78, 5) is 5.11. The molecule has 17 heavy (non-hydrogen) atoms. The quantitative estimate of drug-likeness (QED) is 0.758. The van der Waals surface area contributed by atoms with Crippen molar-refractivity contribution in [1.29, 1.82) is 0 Å². The standard InChI is InChI=1S/C14H29N3/c1-4-17(5-2)9-8-15-12-10-13-6-7-14(11-12)16(13)3/h12-15H,4-11H2,1-3H3. The van der Waals surface area contributed by atoms with E-state index in [9.17, 15) is 0 Å². The predicted molar refractivity (Wildman–Crippen MR) is 73.4 cm³/mol. The number of piperidine rings is 1. The Balaban J connectivity index is 1.67. The molecule has 0 spiro atoms. The lowest BCUT2D eigenvalue weighted by atomic mass is 9.98. The second-order valence-corrected chi connectivity index (χ2v) is 5.70. The summed E-state index contributed by atoms with van der Waals surface area (Å²) < 4.78 is 0. The fraction of sp³-hybridized carbons (Fsp3) is 1.00. The largest absolute Gasteiger partial charge is 0.313 e. The number of hydrogen-bond donors (Lipinski definition) is 1. The molecule has 3 nitrogen and oxygen atoms in total. The van der Waals surface area contributed by atoms with Gasteiger partial charge in [-0.15, -0.1) is 0 Å². The van der Waals surface area contributed by atoms with Gasteiger partial charge in [0.25, 0.3) is 0 Å². The van der Waals surface area contributed by atoms with E-state index in [1.807, 2.05) is 0 Å². The second kappa shape index (κ2) is 6.17. The zero-order chi connectivity index (χ0) is 12.3. The fourth-order valence-corrected chi connectivity index (χ4v) is 3.54. The Kier molecular flexibility index (Phi) is 4.83. The summed E-state index contributed by atoms with van der Waals surface area (Å²) in [5.74, 6) is 0. The van der Waals surface area contributed by atoms with E-state index < -0.39 is 0 Å². The van der Waals surface area contributed by atoms with Gasteiger partial charge in [-0.2, -0.15) is 0 Å². The number of nitrogens with zero attached hydrogens (tertiary/aromatic N) is 2. The zero-order valence-corrected chi connectivity index (χ0v) is 11.8. The van der Waals surface area contributed by atoms with Gasteiger partial charge in [0, 0.05) is 31.2 Å². The van der Waals surface area contributed by atoms with Crippen molar-refractivity contribution < 1.29 is 0 Å². The Morgan fingerprint density at radius 3 is 2.24 bits per heavy atom. The maximum absolute atomic E-state index is 3.77. The number of fused-ring (bicyclic) bond motifs is 2. The highest BCUT2D eigenvalue weighted by atomic mass is 15.2. The summed E-state index contributed by atoms with van der Waals surface area (Å²) in [5, 5.41) is 3.77. The van der Waals surface area contributed by atoms with E-state index in [0.717, 1.165) is 24.7 Å². The number of likely N-dealkylation sites (N-methyl/N-ethyl adjacent to an activating group) is 1. The van der Waals surface area contributed by atoms with Gasteiger partial charge in [-0.1, -0.05) is 13.8 Å². The van der Waals surface area contributed by atoms with Crippen molar-refractivity contribution in [3.05, 3.63) is 0 Å². The molecular formula is C14H29N3. The van der Waals surface area contributed by atoms with Crippen LogP contribution in [0.15, 0.2) is 0 Å². The maximum Gasteiger partial charge on any atom is 0.0111 e. The van der Waals surface area contributed by atoms with Crippen LogP contribution in [0.4, 0.5) is 0 Å². The van der Waals surface area contributed by atoms with Gasteiger partial charge in [-0.05, 0) is 45.8 Å². The summed E-state index contributed by atoms with van der Waals surface area (Å²) in [7, 11) is 2.31. The van der Waals surface area contributed by atoms with Crippen LogP contribution in [-0.4, -0.2) is 61.2 Å². The van der Waals surface area contributed by atoms with E-state index in [2.05, 4.69) is 36.0 Å². The van der Waals surface area contributed by atoms with E-state index in [-0.39, 0.29) is 0 Å². The topological polar surface area (TPSA) is 18.5 Å². The van der Waals surface area contributed by atoms with Crippen LogP contribution in [0, 0.1) is 0 Å². The van der Waals surface area contributed by atoms with Crippen molar-refractivity contribution in [1.82, 2.24) is 15.1 Å². The summed E-state index contributed by atoms with van der Waals surface area (Å²) in [6.45, 7) is 9.22. The van der Waals surface area contributed by atoms with Gasteiger partial charge >= 0.3 is 0 Å². The first-order valence-electron chi connectivity index (χ1n) is 7.42. The molecule has 2 saturated heterocycles. The van der Waals surface area contributed by atoms with E-state index in [1.54, 1.807) is 0 Å². The maximum atomic E-state index is 3.77. The van der Waals surface area contributed by atoms with Gasteiger partial charge in [0.2, 0.25) is 0 Å². The van der Waals surface area contributed by atoms with Gasteiger partial charge in [-0.25, -0.2) is 0 Å². The molecule has 0 radical (unpaired) electrons. The Hall–Kier alpha value is -0.120. The van der Waals surface area contributed by atoms with E-state index >= 15 is 0 Å². The molecule has 2 bridgehead atoms. The zero-order valence-electron chi connectivity index (χ0n) is 11.8. The minimum atomic E-state index is 0.777. The molecular weight excluding hydrogens is 210 g/mol. The first-order chi connectivity index (χ1) is 8.24. The van der Waals surface area contributed by atoms with Crippen molar-refractivity contribution in [2.75, 3.05) is 33.2 Å². The van der Waals surface area contributed by atoms with Crippen molar-refractivity contribution in [3.63, 3.8) is 0 Å². The van der Waals surface area contributed by atoms with Gasteiger partial charge < -0.3 is 15.1 Å².